The standard InChI is InChI=1S/C18H25ClF3N5O2/c1-17(2,3)29-14(28)9-25-16(23-4)26-12-5-6-27(10-12)15-13(19)7-11(8-24-15)18(20,21)22/h7-8,12H,5-6,9-10H2,1-4H3,(H2,23,25,26). The Labute approximate surface area is 172 Å². The summed E-state index contributed by atoms with van der Waals surface area (Å²) in [6, 6.07) is 0.839. The number of aromatic nitrogens is 1. The van der Waals surface area contributed by atoms with Crippen LogP contribution in [-0.2, 0) is 15.7 Å². The number of alkyl halides is 3. The Morgan fingerprint density at radius 3 is 2.66 bits per heavy atom. The second kappa shape index (κ2) is 9.06. The van der Waals surface area contributed by atoms with E-state index in [4.69, 9.17) is 16.3 Å². The van der Waals surface area contributed by atoms with Crippen LogP contribution in [0.25, 0.3) is 0 Å². The number of guanidine groups is 1. The van der Waals surface area contributed by atoms with Crippen molar-refractivity contribution in [1.29, 1.82) is 0 Å². The van der Waals surface area contributed by atoms with E-state index >= 15 is 0 Å². The van der Waals surface area contributed by atoms with Gasteiger partial charge < -0.3 is 20.3 Å². The predicted octanol–water partition coefficient (Wildman–Crippen LogP) is 2.84. The highest BCUT2D eigenvalue weighted by molar-refractivity contribution is 6.33. The Balaban J connectivity index is 1.91. The lowest BCUT2D eigenvalue weighted by Crippen LogP contribution is -2.46. The third-order valence-corrected chi connectivity index (χ3v) is 4.30. The Bertz CT molecular complexity index is 765. The molecule has 1 aliphatic rings. The molecule has 0 aromatic carbocycles. The van der Waals surface area contributed by atoms with Crippen LogP contribution in [0.4, 0.5) is 19.0 Å². The highest BCUT2D eigenvalue weighted by Gasteiger charge is 2.33. The highest BCUT2D eigenvalue weighted by atomic mass is 35.5. The van der Waals surface area contributed by atoms with Crippen LogP contribution in [0.3, 0.4) is 0 Å². The van der Waals surface area contributed by atoms with E-state index in [2.05, 4.69) is 20.6 Å². The summed E-state index contributed by atoms with van der Waals surface area (Å²) in [5, 5.41) is 6.02. The minimum atomic E-state index is -4.49. The van der Waals surface area contributed by atoms with Crippen molar-refractivity contribution in [2.75, 3.05) is 31.6 Å². The number of hydrogen-bond acceptors (Lipinski definition) is 5. The molecule has 2 heterocycles. The number of nitrogens with one attached hydrogen (secondary N) is 2. The van der Waals surface area contributed by atoms with Crippen LogP contribution in [0.15, 0.2) is 17.3 Å². The molecule has 1 aliphatic heterocycles. The Morgan fingerprint density at radius 2 is 2.10 bits per heavy atom. The van der Waals surface area contributed by atoms with Crippen LogP contribution in [0, 0.1) is 0 Å². The Kier molecular flexibility index (Phi) is 7.20. The van der Waals surface area contributed by atoms with E-state index in [0.717, 1.165) is 12.3 Å². The molecule has 0 aliphatic carbocycles. The maximum Gasteiger partial charge on any atom is 0.417 e. The third kappa shape index (κ3) is 6.95. The molecule has 0 saturated carbocycles. The van der Waals surface area contributed by atoms with Gasteiger partial charge in [0.25, 0.3) is 0 Å². The number of hydrogen-bond donors (Lipinski definition) is 2. The molecule has 1 atom stereocenters. The van der Waals surface area contributed by atoms with Crippen LogP contribution in [0.1, 0.15) is 32.8 Å². The quantitative estimate of drug-likeness (QED) is 0.430. The van der Waals surface area contributed by atoms with Crippen LogP contribution >= 0.6 is 11.6 Å². The second-order valence-electron chi connectivity index (χ2n) is 7.62. The number of rotatable bonds is 4. The van der Waals surface area contributed by atoms with Crippen LogP contribution in [0.2, 0.25) is 5.02 Å². The first-order valence-corrected chi connectivity index (χ1v) is 9.43. The van der Waals surface area contributed by atoms with Crippen LogP contribution in [0.5, 0.6) is 0 Å². The van der Waals surface area contributed by atoms with Crippen molar-refractivity contribution in [1.82, 2.24) is 15.6 Å². The molecule has 7 nitrogen and oxygen atoms in total. The molecule has 1 fully saturated rings. The molecule has 1 aromatic rings. The molecule has 1 unspecified atom stereocenters. The van der Waals surface area contributed by atoms with Crippen LogP contribution in [-0.4, -0.2) is 55.2 Å². The molecule has 162 valence electrons. The summed E-state index contributed by atoms with van der Waals surface area (Å²) in [4.78, 5) is 21.6. The summed E-state index contributed by atoms with van der Waals surface area (Å²) >= 11 is 6.02. The normalized spacial score (nSPS) is 18.0. The van der Waals surface area contributed by atoms with Crippen molar-refractivity contribution in [3.8, 4) is 0 Å². The minimum absolute atomic E-state index is 0.0417. The lowest BCUT2D eigenvalue weighted by Gasteiger charge is -2.22. The number of carbonyl (C=O) groups is 1. The maximum absolute atomic E-state index is 12.8. The van der Waals surface area contributed by atoms with E-state index in [1.54, 1.807) is 32.7 Å². The molecule has 0 spiro atoms. The molecule has 1 saturated heterocycles. The Morgan fingerprint density at radius 1 is 1.41 bits per heavy atom. The summed E-state index contributed by atoms with van der Waals surface area (Å²) in [5.41, 5.74) is -1.46. The fourth-order valence-electron chi connectivity index (χ4n) is 2.81. The van der Waals surface area contributed by atoms with E-state index in [9.17, 15) is 18.0 Å². The zero-order valence-corrected chi connectivity index (χ0v) is 17.5. The third-order valence-electron chi connectivity index (χ3n) is 4.02. The number of esters is 1. The summed E-state index contributed by atoms with van der Waals surface area (Å²) < 4.78 is 43.5. The number of halogens is 4. The van der Waals surface area contributed by atoms with Crippen molar-refractivity contribution in [2.45, 2.75) is 45.0 Å². The number of aliphatic imine (C=N–C) groups is 1. The predicted molar refractivity (Wildman–Crippen MR) is 105 cm³/mol. The van der Waals surface area contributed by atoms with Gasteiger partial charge in [-0.15, -0.1) is 0 Å². The van der Waals surface area contributed by atoms with Gasteiger partial charge in [-0.1, -0.05) is 11.6 Å². The first-order chi connectivity index (χ1) is 13.4. The van der Waals surface area contributed by atoms with Gasteiger partial charge in [-0.05, 0) is 33.3 Å². The molecular formula is C18H25ClF3N5O2. The average Bonchev–Trinajstić information content (AvgIpc) is 3.04. The molecule has 0 amide bonds. The first kappa shape index (κ1) is 23.1. The minimum Gasteiger partial charge on any atom is -0.459 e. The molecular weight excluding hydrogens is 411 g/mol. The number of nitrogens with zero attached hydrogens (tertiary/aromatic N) is 3. The van der Waals surface area contributed by atoms with Crippen molar-refractivity contribution in [2.24, 2.45) is 4.99 Å². The van der Waals surface area contributed by atoms with Gasteiger partial charge in [0.2, 0.25) is 0 Å². The van der Waals surface area contributed by atoms with Crippen LogP contribution < -0.4 is 15.5 Å². The number of pyridine rings is 1. The second-order valence-corrected chi connectivity index (χ2v) is 8.02. The first-order valence-electron chi connectivity index (χ1n) is 9.06. The molecule has 29 heavy (non-hydrogen) atoms. The molecule has 0 radical (unpaired) electrons. The van der Waals surface area contributed by atoms with E-state index in [-0.39, 0.29) is 17.6 Å². The smallest absolute Gasteiger partial charge is 0.417 e. The topological polar surface area (TPSA) is 78.8 Å². The van der Waals surface area contributed by atoms with Gasteiger partial charge in [0.05, 0.1) is 10.6 Å². The fourth-order valence-corrected chi connectivity index (χ4v) is 3.10. The molecule has 0 bridgehead atoms. The van der Waals surface area contributed by atoms with E-state index in [0.29, 0.717) is 31.3 Å². The number of carbonyl (C=O) groups excluding carboxylic acids is 1. The largest absolute Gasteiger partial charge is 0.459 e. The zero-order chi connectivity index (χ0) is 21.8. The zero-order valence-electron chi connectivity index (χ0n) is 16.7. The van der Waals surface area contributed by atoms with Gasteiger partial charge in [0.1, 0.15) is 18.0 Å². The monoisotopic (exact) mass is 435 g/mol. The van der Waals surface area contributed by atoms with Crippen molar-refractivity contribution < 1.29 is 22.7 Å². The Hall–Kier alpha value is -2.23. The molecule has 2 N–H and O–H groups in total. The van der Waals surface area contributed by atoms with E-state index < -0.39 is 23.3 Å². The average molecular weight is 436 g/mol. The summed E-state index contributed by atoms with van der Waals surface area (Å²) in [6.45, 7) is 6.35. The molecule has 11 heteroatoms. The fraction of sp³-hybridized carbons (Fsp3) is 0.611. The van der Waals surface area contributed by atoms with Crippen molar-refractivity contribution >= 4 is 29.3 Å². The summed E-state index contributed by atoms with van der Waals surface area (Å²) in [7, 11) is 1.57. The SMILES string of the molecule is CN=C(NCC(=O)OC(C)(C)C)NC1CCN(c2ncc(C(F)(F)F)cc2Cl)C1. The molecule has 2 rings (SSSR count). The lowest BCUT2D eigenvalue weighted by atomic mass is 10.2. The van der Waals surface area contributed by atoms with Crippen molar-refractivity contribution in [3.63, 3.8) is 0 Å². The molecule has 1 aromatic heterocycles. The van der Waals surface area contributed by atoms with E-state index in [1.807, 2.05) is 0 Å². The summed E-state index contributed by atoms with van der Waals surface area (Å²) in [5.74, 6) is 0.323. The van der Waals surface area contributed by atoms with Gasteiger partial charge in [-0.2, -0.15) is 13.2 Å². The van der Waals surface area contributed by atoms with Gasteiger partial charge >= 0.3 is 12.1 Å². The maximum atomic E-state index is 12.8. The van der Waals surface area contributed by atoms with Crippen molar-refractivity contribution in [3.05, 3.63) is 22.8 Å². The van der Waals surface area contributed by atoms with Gasteiger partial charge in [-0.25, -0.2) is 4.98 Å². The van der Waals surface area contributed by atoms with Gasteiger partial charge in [-0.3, -0.25) is 9.79 Å². The lowest BCUT2D eigenvalue weighted by molar-refractivity contribution is -0.153. The highest BCUT2D eigenvalue weighted by Crippen LogP contribution is 2.34. The van der Waals surface area contributed by atoms with E-state index in [1.165, 1.54) is 0 Å². The number of anilines is 1. The summed E-state index contributed by atoms with van der Waals surface area (Å²) in [6.07, 6.45) is -3.01. The van der Waals surface area contributed by atoms with Gasteiger partial charge in [0, 0.05) is 32.4 Å². The number of ether oxygens (including phenoxy) is 1. The van der Waals surface area contributed by atoms with Gasteiger partial charge in [0.15, 0.2) is 5.96 Å².